The molecule has 0 radical (unpaired) electrons. The molecule has 7 heteroatoms. The molecule has 3 aromatic rings. The molecule has 0 saturated heterocycles. The first-order chi connectivity index (χ1) is 14.0. The largest absolute Gasteiger partial charge is 0.495 e. The lowest BCUT2D eigenvalue weighted by atomic mass is 10.1. The minimum Gasteiger partial charge on any atom is -0.495 e. The van der Waals surface area contributed by atoms with E-state index in [9.17, 15) is 14.4 Å². The quantitative estimate of drug-likeness (QED) is 0.625. The van der Waals surface area contributed by atoms with Crippen molar-refractivity contribution >= 4 is 29.0 Å². The monoisotopic (exact) mass is 389 g/mol. The van der Waals surface area contributed by atoms with Crippen LogP contribution in [-0.2, 0) is 0 Å². The van der Waals surface area contributed by atoms with Crippen LogP contribution >= 0.6 is 0 Å². The molecule has 0 fully saturated rings. The zero-order valence-electron chi connectivity index (χ0n) is 15.9. The van der Waals surface area contributed by atoms with Crippen molar-refractivity contribution in [3.05, 3.63) is 83.7 Å². The Kier molecular flexibility index (Phi) is 5.99. The summed E-state index contributed by atoms with van der Waals surface area (Å²) in [6.07, 6.45) is 2.74. The van der Waals surface area contributed by atoms with Gasteiger partial charge in [-0.1, -0.05) is 24.3 Å². The molecule has 3 rings (SSSR count). The van der Waals surface area contributed by atoms with E-state index in [1.807, 2.05) is 0 Å². The fraction of sp³-hybridized carbons (Fsp3) is 0.0909. The van der Waals surface area contributed by atoms with Gasteiger partial charge in [-0.2, -0.15) is 0 Å². The maximum absolute atomic E-state index is 12.6. The molecule has 1 heterocycles. The van der Waals surface area contributed by atoms with Crippen LogP contribution in [0.2, 0.25) is 0 Å². The van der Waals surface area contributed by atoms with Gasteiger partial charge in [0.15, 0.2) is 5.78 Å². The number of benzene rings is 2. The van der Waals surface area contributed by atoms with Crippen molar-refractivity contribution in [3.8, 4) is 5.75 Å². The zero-order chi connectivity index (χ0) is 20.8. The number of amides is 2. The average molecular weight is 389 g/mol. The van der Waals surface area contributed by atoms with E-state index in [-0.39, 0.29) is 16.9 Å². The zero-order valence-corrected chi connectivity index (χ0v) is 15.9. The van der Waals surface area contributed by atoms with Crippen molar-refractivity contribution < 1.29 is 19.1 Å². The van der Waals surface area contributed by atoms with Crippen molar-refractivity contribution in [2.75, 3.05) is 17.7 Å². The highest BCUT2D eigenvalue weighted by Gasteiger charge is 2.14. The van der Waals surface area contributed by atoms with E-state index in [0.29, 0.717) is 22.7 Å². The summed E-state index contributed by atoms with van der Waals surface area (Å²) >= 11 is 0. The fourth-order valence-corrected chi connectivity index (χ4v) is 2.65. The standard InChI is InChI=1S/C22H19N3O4/c1-14(26)15-6-5-7-18(11-15)24-21(27)16-10-17(13-23-12-16)22(28)25-19-8-3-4-9-20(19)29-2/h3-13H,1-2H3,(H,24,27)(H,25,28). The molecule has 0 bridgehead atoms. The molecule has 29 heavy (non-hydrogen) atoms. The topological polar surface area (TPSA) is 97.4 Å². The van der Waals surface area contributed by atoms with Gasteiger partial charge in [-0.15, -0.1) is 0 Å². The van der Waals surface area contributed by atoms with Gasteiger partial charge in [0, 0.05) is 23.6 Å². The van der Waals surface area contributed by atoms with E-state index in [1.54, 1.807) is 48.5 Å². The van der Waals surface area contributed by atoms with Crippen molar-refractivity contribution in [2.24, 2.45) is 0 Å². The molecule has 0 spiro atoms. The predicted octanol–water partition coefficient (Wildman–Crippen LogP) is 3.80. The Balaban J connectivity index is 1.76. The fourth-order valence-electron chi connectivity index (χ4n) is 2.65. The normalized spacial score (nSPS) is 10.1. The lowest BCUT2D eigenvalue weighted by Crippen LogP contribution is -2.16. The lowest BCUT2D eigenvalue weighted by molar-refractivity contribution is 0.100. The molecular formula is C22H19N3O4. The molecule has 2 amide bonds. The van der Waals surface area contributed by atoms with E-state index in [1.165, 1.54) is 32.5 Å². The number of hydrogen-bond donors (Lipinski definition) is 2. The number of ketones is 1. The molecule has 0 atom stereocenters. The first-order valence-electron chi connectivity index (χ1n) is 8.79. The third-order valence-electron chi connectivity index (χ3n) is 4.14. The van der Waals surface area contributed by atoms with Gasteiger partial charge < -0.3 is 15.4 Å². The summed E-state index contributed by atoms with van der Waals surface area (Å²) in [6, 6.07) is 15.1. The summed E-state index contributed by atoms with van der Waals surface area (Å²) in [6.45, 7) is 1.45. The van der Waals surface area contributed by atoms with Gasteiger partial charge in [-0.3, -0.25) is 19.4 Å². The highest BCUT2D eigenvalue weighted by atomic mass is 16.5. The molecule has 0 aliphatic rings. The lowest BCUT2D eigenvalue weighted by Gasteiger charge is -2.10. The number of pyridine rings is 1. The van der Waals surface area contributed by atoms with Gasteiger partial charge in [0.25, 0.3) is 11.8 Å². The second kappa shape index (κ2) is 8.79. The Labute approximate surface area is 167 Å². The number of ether oxygens (including phenoxy) is 1. The number of carbonyl (C=O) groups is 3. The van der Waals surface area contributed by atoms with E-state index in [0.717, 1.165) is 0 Å². The van der Waals surface area contributed by atoms with E-state index in [2.05, 4.69) is 15.6 Å². The van der Waals surface area contributed by atoms with Gasteiger partial charge in [0.2, 0.25) is 0 Å². The summed E-state index contributed by atoms with van der Waals surface area (Å²) in [5.41, 5.74) is 1.92. The van der Waals surface area contributed by atoms with Gasteiger partial charge >= 0.3 is 0 Å². The number of para-hydroxylation sites is 2. The maximum atomic E-state index is 12.6. The van der Waals surface area contributed by atoms with Crippen molar-refractivity contribution in [1.82, 2.24) is 4.98 Å². The van der Waals surface area contributed by atoms with Gasteiger partial charge in [-0.25, -0.2) is 0 Å². The molecule has 0 saturated carbocycles. The second-order valence-corrected chi connectivity index (χ2v) is 6.21. The number of carbonyl (C=O) groups excluding carboxylic acids is 3. The number of nitrogens with zero attached hydrogens (tertiary/aromatic N) is 1. The Morgan fingerprint density at radius 1 is 0.828 bits per heavy atom. The summed E-state index contributed by atoms with van der Waals surface area (Å²) in [5, 5.41) is 5.45. The summed E-state index contributed by atoms with van der Waals surface area (Å²) in [5.74, 6) is -0.439. The van der Waals surface area contributed by atoms with Gasteiger partial charge in [0.1, 0.15) is 5.75 Å². The van der Waals surface area contributed by atoms with E-state index in [4.69, 9.17) is 4.74 Å². The molecule has 146 valence electrons. The number of rotatable bonds is 6. The minimum absolute atomic E-state index is 0.0993. The summed E-state index contributed by atoms with van der Waals surface area (Å²) < 4.78 is 5.22. The van der Waals surface area contributed by atoms with E-state index >= 15 is 0 Å². The van der Waals surface area contributed by atoms with Crippen LogP contribution in [0, 0.1) is 0 Å². The van der Waals surface area contributed by atoms with Crippen LogP contribution in [0.1, 0.15) is 38.0 Å². The van der Waals surface area contributed by atoms with Crippen LogP contribution in [0.5, 0.6) is 5.75 Å². The molecule has 2 aromatic carbocycles. The highest BCUT2D eigenvalue weighted by Crippen LogP contribution is 2.23. The van der Waals surface area contributed by atoms with Gasteiger partial charge in [0.05, 0.1) is 23.9 Å². The van der Waals surface area contributed by atoms with Crippen molar-refractivity contribution in [2.45, 2.75) is 6.92 Å². The number of nitrogens with one attached hydrogen (secondary N) is 2. The van der Waals surface area contributed by atoms with Crippen LogP contribution in [0.3, 0.4) is 0 Å². The Morgan fingerprint density at radius 2 is 1.52 bits per heavy atom. The molecule has 1 aromatic heterocycles. The number of hydrogen-bond acceptors (Lipinski definition) is 5. The Hall–Kier alpha value is -4.00. The van der Waals surface area contributed by atoms with Crippen LogP contribution in [0.25, 0.3) is 0 Å². The minimum atomic E-state index is -0.440. The molecule has 0 unspecified atom stereocenters. The van der Waals surface area contributed by atoms with Crippen molar-refractivity contribution in [3.63, 3.8) is 0 Å². The average Bonchev–Trinajstić information content (AvgIpc) is 2.74. The SMILES string of the molecule is COc1ccccc1NC(=O)c1cncc(C(=O)Nc2cccc(C(C)=O)c2)c1. The van der Waals surface area contributed by atoms with Crippen LogP contribution in [-0.4, -0.2) is 29.7 Å². The number of Topliss-reactive ketones (excluding diaryl/α,β-unsaturated/α-hetero) is 1. The van der Waals surface area contributed by atoms with Crippen molar-refractivity contribution in [1.29, 1.82) is 0 Å². The van der Waals surface area contributed by atoms with Gasteiger partial charge in [-0.05, 0) is 37.3 Å². The number of aromatic nitrogens is 1. The van der Waals surface area contributed by atoms with Crippen LogP contribution < -0.4 is 15.4 Å². The number of anilines is 2. The maximum Gasteiger partial charge on any atom is 0.257 e. The molecule has 0 aliphatic carbocycles. The second-order valence-electron chi connectivity index (χ2n) is 6.21. The highest BCUT2D eigenvalue weighted by molar-refractivity contribution is 6.09. The first kappa shape index (κ1) is 19.8. The summed E-state index contributed by atoms with van der Waals surface area (Å²) in [7, 11) is 1.51. The first-order valence-corrected chi connectivity index (χ1v) is 8.79. The molecule has 0 aliphatic heterocycles. The Morgan fingerprint density at radius 3 is 2.21 bits per heavy atom. The third kappa shape index (κ3) is 4.84. The Bertz CT molecular complexity index is 1080. The summed E-state index contributed by atoms with van der Waals surface area (Å²) in [4.78, 5) is 40.6. The number of methoxy groups -OCH3 is 1. The third-order valence-corrected chi connectivity index (χ3v) is 4.14. The van der Waals surface area contributed by atoms with Crippen LogP contribution in [0.4, 0.5) is 11.4 Å². The smallest absolute Gasteiger partial charge is 0.257 e. The molecule has 7 nitrogen and oxygen atoms in total. The molecular weight excluding hydrogens is 370 g/mol. The predicted molar refractivity (Wildman–Crippen MR) is 110 cm³/mol. The van der Waals surface area contributed by atoms with Crippen LogP contribution in [0.15, 0.2) is 67.0 Å². The molecule has 2 N–H and O–H groups in total. The van der Waals surface area contributed by atoms with E-state index < -0.39 is 11.8 Å².